The molecule has 2 nitrogen and oxygen atoms in total. The molecule has 92 valence electrons. The zero-order valence-corrected chi connectivity index (χ0v) is 8.64. The van der Waals surface area contributed by atoms with E-state index in [4.69, 9.17) is 9.47 Å². The van der Waals surface area contributed by atoms with Gasteiger partial charge in [-0.2, -0.15) is 4.39 Å². The Labute approximate surface area is 98.4 Å². The molecule has 0 aromatic heterocycles. The van der Waals surface area contributed by atoms with Crippen molar-refractivity contribution in [3.05, 3.63) is 47.5 Å². The standard InChI is InChI=1S/C12H4F4O2/c13-5-2-1-3-7-11(5)18-8-4-6(14)9(15)10(16)12(8)17-7/h1-4H. The molecular formula is C12H4F4O2. The van der Waals surface area contributed by atoms with E-state index >= 15 is 0 Å². The summed E-state index contributed by atoms with van der Waals surface area (Å²) in [7, 11) is 0. The molecular weight excluding hydrogens is 252 g/mol. The molecule has 1 heterocycles. The smallest absolute Gasteiger partial charge is 0.209 e. The van der Waals surface area contributed by atoms with Crippen LogP contribution in [0.3, 0.4) is 0 Å². The maximum atomic E-state index is 13.4. The molecule has 3 rings (SSSR count). The largest absolute Gasteiger partial charge is 0.446 e. The van der Waals surface area contributed by atoms with E-state index in [0.717, 1.165) is 6.07 Å². The van der Waals surface area contributed by atoms with Crippen molar-refractivity contribution in [2.45, 2.75) is 0 Å². The second-order valence-electron chi connectivity index (χ2n) is 3.58. The minimum absolute atomic E-state index is 0.104. The van der Waals surface area contributed by atoms with E-state index in [9.17, 15) is 17.6 Å². The summed E-state index contributed by atoms with van der Waals surface area (Å²) in [6.07, 6.45) is 0. The van der Waals surface area contributed by atoms with E-state index in [-0.39, 0.29) is 11.5 Å². The topological polar surface area (TPSA) is 18.5 Å². The van der Waals surface area contributed by atoms with Gasteiger partial charge in [-0.25, -0.2) is 13.2 Å². The average molecular weight is 256 g/mol. The Hall–Kier alpha value is -2.24. The summed E-state index contributed by atoms with van der Waals surface area (Å²) in [5, 5.41) is 0. The van der Waals surface area contributed by atoms with Crippen molar-refractivity contribution in [1.29, 1.82) is 0 Å². The van der Waals surface area contributed by atoms with Crippen molar-refractivity contribution in [3.8, 4) is 23.0 Å². The molecule has 0 N–H and O–H groups in total. The Kier molecular flexibility index (Phi) is 2.19. The molecule has 0 aliphatic carbocycles. The second kappa shape index (κ2) is 3.63. The van der Waals surface area contributed by atoms with Gasteiger partial charge in [-0.1, -0.05) is 6.07 Å². The third kappa shape index (κ3) is 1.42. The van der Waals surface area contributed by atoms with Crippen LogP contribution in [0.15, 0.2) is 24.3 Å². The Morgan fingerprint density at radius 1 is 0.722 bits per heavy atom. The van der Waals surface area contributed by atoms with E-state index in [0.29, 0.717) is 6.07 Å². The van der Waals surface area contributed by atoms with Crippen LogP contribution in [0.1, 0.15) is 0 Å². The summed E-state index contributed by atoms with van der Waals surface area (Å²) in [6.45, 7) is 0. The molecule has 0 atom stereocenters. The van der Waals surface area contributed by atoms with Crippen molar-refractivity contribution < 1.29 is 27.0 Å². The van der Waals surface area contributed by atoms with Gasteiger partial charge in [0.2, 0.25) is 17.3 Å². The van der Waals surface area contributed by atoms with Gasteiger partial charge in [0.25, 0.3) is 0 Å². The zero-order valence-electron chi connectivity index (χ0n) is 8.64. The Bertz CT molecular complexity index is 655. The van der Waals surface area contributed by atoms with Crippen molar-refractivity contribution in [1.82, 2.24) is 0 Å². The normalized spacial score (nSPS) is 12.2. The predicted molar refractivity (Wildman–Crippen MR) is 52.9 cm³/mol. The van der Waals surface area contributed by atoms with Crippen LogP contribution in [-0.2, 0) is 0 Å². The number of benzene rings is 2. The molecule has 0 fully saturated rings. The number of ether oxygens (including phenoxy) is 2. The number of para-hydroxylation sites is 1. The average Bonchev–Trinajstić information content (AvgIpc) is 2.36. The summed E-state index contributed by atoms with van der Waals surface area (Å²) in [5.41, 5.74) is 0. The van der Waals surface area contributed by atoms with Gasteiger partial charge in [0.15, 0.2) is 29.0 Å². The van der Waals surface area contributed by atoms with Gasteiger partial charge in [0.05, 0.1) is 0 Å². The van der Waals surface area contributed by atoms with Crippen molar-refractivity contribution >= 4 is 0 Å². The first-order valence-corrected chi connectivity index (χ1v) is 4.89. The van der Waals surface area contributed by atoms with Crippen LogP contribution >= 0.6 is 0 Å². The molecule has 1 aliphatic rings. The van der Waals surface area contributed by atoms with Crippen LogP contribution in [0, 0.1) is 23.3 Å². The monoisotopic (exact) mass is 256 g/mol. The molecule has 0 unspecified atom stereocenters. The molecule has 1 aliphatic heterocycles. The molecule has 0 amide bonds. The van der Waals surface area contributed by atoms with E-state index in [1.807, 2.05) is 0 Å². The second-order valence-corrected chi connectivity index (χ2v) is 3.58. The minimum atomic E-state index is -1.67. The van der Waals surface area contributed by atoms with E-state index < -0.39 is 34.8 Å². The highest BCUT2D eigenvalue weighted by atomic mass is 19.2. The molecule has 0 radical (unpaired) electrons. The third-order valence-electron chi connectivity index (χ3n) is 2.44. The summed E-state index contributed by atoms with van der Waals surface area (Å²) < 4.78 is 62.8. The fraction of sp³-hybridized carbons (Fsp3) is 0. The lowest BCUT2D eigenvalue weighted by Gasteiger charge is -2.21. The predicted octanol–water partition coefficient (Wildman–Crippen LogP) is 4.14. The van der Waals surface area contributed by atoms with Gasteiger partial charge in [-0.3, -0.25) is 0 Å². The first kappa shape index (κ1) is 10.9. The van der Waals surface area contributed by atoms with Crippen LogP contribution in [0.2, 0.25) is 0 Å². The maximum absolute atomic E-state index is 13.4. The van der Waals surface area contributed by atoms with Crippen LogP contribution < -0.4 is 9.47 Å². The van der Waals surface area contributed by atoms with Gasteiger partial charge >= 0.3 is 0 Å². The first-order valence-electron chi connectivity index (χ1n) is 4.89. The molecule has 0 saturated heterocycles. The van der Waals surface area contributed by atoms with Crippen LogP contribution in [0.25, 0.3) is 0 Å². The summed E-state index contributed by atoms with van der Waals surface area (Å²) in [4.78, 5) is 0. The van der Waals surface area contributed by atoms with Crippen molar-refractivity contribution in [3.63, 3.8) is 0 Å². The SMILES string of the molecule is Fc1cc2c(c(F)c1F)Oc1cccc(F)c1O2. The lowest BCUT2D eigenvalue weighted by atomic mass is 10.2. The molecule has 2 aromatic rings. The summed E-state index contributed by atoms with van der Waals surface area (Å²) in [5.74, 6) is -6.78. The summed E-state index contributed by atoms with van der Waals surface area (Å²) >= 11 is 0. The Morgan fingerprint density at radius 3 is 2.22 bits per heavy atom. The minimum Gasteiger partial charge on any atom is -0.446 e. The summed E-state index contributed by atoms with van der Waals surface area (Å²) in [6, 6.07) is 4.34. The Balaban J connectivity index is 2.20. The van der Waals surface area contributed by atoms with E-state index in [2.05, 4.69) is 0 Å². The van der Waals surface area contributed by atoms with Crippen molar-refractivity contribution in [2.75, 3.05) is 0 Å². The Morgan fingerprint density at radius 2 is 1.44 bits per heavy atom. The van der Waals surface area contributed by atoms with E-state index in [1.165, 1.54) is 12.1 Å². The fourth-order valence-electron chi connectivity index (χ4n) is 1.62. The molecule has 2 aromatic carbocycles. The fourth-order valence-corrected chi connectivity index (χ4v) is 1.62. The number of hydrogen-bond acceptors (Lipinski definition) is 2. The first-order chi connectivity index (χ1) is 8.58. The van der Waals surface area contributed by atoms with Gasteiger partial charge in [0, 0.05) is 6.07 Å². The van der Waals surface area contributed by atoms with Crippen LogP contribution in [0.4, 0.5) is 17.6 Å². The van der Waals surface area contributed by atoms with Gasteiger partial charge in [0.1, 0.15) is 0 Å². The molecule has 18 heavy (non-hydrogen) atoms. The number of halogens is 4. The maximum Gasteiger partial charge on any atom is 0.209 e. The third-order valence-corrected chi connectivity index (χ3v) is 2.44. The highest BCUT2D eigenvalue weighted by Gasteiger charge is 2.28. The molecule has 0 saturated carbocycles. The number of hydrogen-bond donors (Lipinski definition) is 0. The lowest BCUT2D eigenvalue weighted by molar-refractivity contribution is 0.312. The van der Waals surface area contributed by atoms with Gasteiger partial charge in [-0.15, -0.1) is 0 Å². The highest BCUT2D eigenvalue weighted by Crippen LogP contribution is 2.48. The number of fused-ring (bicyclic) bond motifs is 2. The molecule has 0 spiro atoms. The quantitative estimate of drug-likeness (QED) is 0.444. The van der Waals surface area contributed by atoms with Crippen molar-refractivity contribution in [2.24, 2.45) is 0 Å². The number of rotatable bonds is 0. The van der Waals surface area contributed by atoms with E-state index in [1.54, 1.807) is 0 Å². The van der Waals surface area contributed by atoms with Crippen LogP contribution in [0.5, 0.6) is 23.0 Å². The molecule has 0 bridgehead atoms. The molecule has 6 heteroatoms. The van der Waals surface area contributed by atoms with Gasteiger partial charge in [-0.05, 0) is 12.1 Å². The highest BCUT2D eigenvalue weighted by molar-refractivity contribution is 5.55. The zero-order chi connectivity index (χ0) is 12.9. The van der Waals surface area contributed by atoms with Gasteiger partial charge < -0.3 is 9.47 Å². The lowest BCUT2D eigenvalue weighted by Crippen LogP contribution is -2.05. The van der Waals surface area contributed by atoms with Crippen LogP contribution in [-0.4, -0.2) is 0 Å².